The number of azo groups is 1. The molecule has 2 aliphatic rings. The highest BCUT2D eigenvalue weighted by Gasteiger charge is 2.26. The minimum absolute atomic E-state index is 0.115. The number of fused-ring (bicyclic) bond motifs is 2. The number of hydrogen-bond acceptors (Lipinski definition) is 7. The summed E-state index contributed by atoms with van der Waals surface area (Å²) < 4.78 is 17.8. The van der Waals surface area contributed by atoms with E-state index in [0.29, 0.717) is 11.3 Å². The Hall–Kier alpha value is -5.44. The quantitative estimate of drug-likeness (QED) is 0.198. The number of benzene rings is 4. The molecule has 0 saturated heterocycles. The number of aliphatic imine (C=N–C) groups is 1. The predicted octanol–water partition coefficient (Wildman–Crippen LogP) is 6.49. The molecule has 0 aliphatic carbocycles. The first-order valence-corrected chi connectivity index (χ1v) is 15.6. The Bertz CT molecular complexity index is 1900. The first-order chi connectivity index (χ1) is 22.5. The van der Waals surface area contributed by atoms with Gasteiger partial charge in [0.15, 0.2) is 0 Å². The fourth-order valence-electron chi connectivity index (χ4n) is 5.87. The summed E-state index contributed by atoms with van der Waals surface area (Å²) >= 11 is 0. The molecule has 0 radical (unpaired) electrons. The normalized spacial score (nSPS) is 15.2. The van der Waals surface area contributed by atoms with Crippen LogP contribution in [0.5, 0.6) is 17.2 Å². The van der Waals surface area contributed by atoms with Crippen LogP contribution in [-0.2, 0) is 4.74 Å². The number of amides is 1. The first-order valence-electron chi connectivity index (χ1n) is 15.6. The summed E-state index contributed by atoms with van der Waals surface area (Å²) in [6, 6.07) is 27.2. The molecular formula is C37H37N5O4. The second-order valence-electron chi connectivity index (χ2n) is 10.8. The van der Waals surface area contributed by atoms with Gasteiger partial charge in [0.25, 0.3) is 5.91 Å². The third-order valence-corrected chi connectivity index (χ3v) is 8.32. The zero-order valence-electron chi connectivity index (χ0n) is 26.8. The number of carbonyl (C=O) groups excluding carboxylic acids is 1. The zero-order chi connectivity index (χ0) is 32.2. The fraction of sp³-hybridized carbons (Fsp3) is 0.243. The number of nitrogens with zero attached hydrogens (tertiary/aromatic N) is 5. The molecule has 1 amide bonds. The largest absolute Gasteiger partial charge is 0.497 e. The van der Waals surface area contributed by atoms with Gasteiger partial charge in [-0.3, -0.25) is 4.79 Å². The summed E-state index contributed by atoms with van der Waals surface area (Å²) in [6.07, 6.45) is 0. The molecule has 0 aromatic heterocycles. The lowest BCUT2D eigenvalue weighted by atomic mass is 9.90. The summed E-state index contributed by atoms with van der Waals surface area (Å²) in [7, 11) is 1.57. The van der Waals surface area contributed by atoms with Gasteiger partial charge in [-0.2, -0.15) is 4.99 Å². The number of methoxy groups -OCH3 is 1. The van der Waals surface area contributed by atoms with Crippen LogP contribution in [0.1, 0.15) is 49.2 Å². The molecule has 9 heteroatoms. The summed E-state index contributed by atoms with van der Waals surface area (Å²) in [6.45, 7) is 12.2. The van der Waals surface area contributed by atoms with Crippen molar-refractivity contribution in [3.05, 3.63) is 112 Å². The minimum atomic E-state index is -0.485. The number of amidine groups is 1. The van der Waals surface area contributed by atoms with Crippen LogP contribution in [-0.4, -0.2) is 45.2 Å². The van der Waals surface area contributed by atoms with E-state index in [9.17, 15) is 4.79 Å². The minimum Gasteiger partial charge on any atom is -0.497 e. The molecule has 0 unspecified atom stereocenters. The smallest absolute Gasteiger partial charge is 0.346 e. The van der Waals surface area contributed by atoms with Crippen LogP contribution in [0.25, 0.3) is 11.5 Å². The van der Waals surface area contributed by atoms with Crippen molar-refractivity contribution in [1.29, 1.82) is 0 Å². The fourth-order valence-corrected chi connectivity index (χ4v) is 5.87. The molecule has 46 heavy (non-hydrogen) atoms. The Kier molecular flexibility index (Phi) is 8.83. The monoisotopic (exact) mass is 615 g/mol. The molecule has 2 aliphatic heterocycles. The van der Waals surface area contributed by atoms with Gasteiger partial charge in [-0.05, 0) is 87.5 Å². The van der Waals surface area contributed by atoms with E-state index in [2.05, 4.69) is 89.1 Å². The van der Waals surface area contributed by atoms with E-state index in [-0.39, 0.29) is 11.9 Å². The maximum atomic E-state index is 12.8. The topological polar surface area (TPSA) is 88.3 Å². The Morgan fingerprint density at radius 1 is 0.717 bits per heavy atom. The van der Waals surface area contributed by atoms with Crippen molar-refractivity contribution < 1.29 is 19.0 Å². The van der Waals surface area contributed by atoms with Gasteiger partial charge < -0.3 is 24.0 Å². The Morgan fingerprint density at radius 2 is 1.28 bits per heavy atom. The van der Waals surface area contributed by atoms with Crippen molar-refractivity contribution in [3.63, 3.8) is 0 Å². The van der Waals surface area contributed by atoms with Gasteiger partial charge in [-0.1, -0.05) is 23.3 Å². The van der Waals surface area contributed by atoms with Gasteiger partial charge in [0, 0.05) is 77.2 Å². The predicted molar refractivity (Wildman–Crippen MR) is 181 cm³/mol. The number of rotatable bonds is 8. The van der Waals surface area contributed by atoms with Crippen LogP contribution in [0.3, 0.4) is 0 Å². The highest BCUT2D eigenvalue weighted by Crippen LogP contribution is 2.45. The summed E-state index contributed by atoms with van der Waals surface area (Å²) in [5.41, 5.74) is 5.51. The molecule has 4 aromatic carbocycles. The van der Waals surface area contributed by atoms with Gasteiger partial charge in [0.2, 0.25) is 5.88 Å². The molecule has 6 rings (SSSR count). The molecule has 4 aromatic rings. The van der Waals surface area contributed by atoms with Gasteiger partial charge >= 0.3 is 6.02 Å². The van der Waals surface area contributed by atoms with Crippen LogP contribution in [0.4, 0.5) is 11.4 Å². The van der Waals surface area contributed by atoms with E-state index in [4.69, 9.17) is 14.2 Å². The van der Waals surface area contributed by atoms with Crippen molar-refractivity contribution in [2.24, 2.45) is 15.2 Å². The number of hydrogen-bond donors (Lipinski definition) is 0. The second kappa shape index (κ2) is 13.3. The summed E-state index contributed by atoms with van der Waals surface area (Å²) in [4.78, 5) is 21.5. The van der Waals surface area contributed by atoms with Crippen molar-refractivity contribution in [2.75, 3.05) is 43.1 Å². The van der Waals surface area contributed by atoms with Crippen LogP contribution in [0.2, 0.25) is 0 Å². The van der Waals surface area contributed by atoms with Gasteiger partial charge in [-0.15, -0.1) is 5.11 Å². The highest BCUT2D eigenvalue weighted by atomic mass is 16.5. The standard InChI is InChI=1S/C37H37N5O4/c1-6-41(7-2)25-16-20-30-32(22-25)45-33-23-26(42(8-3)9-4)17-21-31(33)34(30)28-12-10-11-13-29(28)36-39-40-37(46-36)38-35(43)24-14-18-27(44-5)19-15-24/h10-23H,6-9H2,1-5H3. The molecule has 9 nitrogen and oxygen atoms in total. The average molecular weight is 616 g/mol. The molecule has 234 valence electrons. The van der Waals surface area contributed by atoms with Crippen LogP contribution >= 0.6 is 0 Å². The summed E-state index contributed by atoms with van der Waals surface area (Å²) in [5.74, 6) is 1.99. The first kappa shape index (κ1) is 30.6. The van der Waals surface area contributed by atoms with Crippen molar-refractivity contribution >= 4 is 34.8 Å². The van der Waals surface area contributed by atoms with E-state index >= 15 is 0 Å². The third kappa shape index (κ3) is 5.83. The zero-order valence-corrected chi connectivity index (χ0v) is 26.8. The van der Waals surface area contributed by atoms with E-state index in [1.165, 1.54) is 0 Å². The van der Waals surface area contributed by atoms with Crippen molar-refractivity contribution in [3.8, 4) is 17.2 Å². The van der Waals surface area contributed by atoms with Crippen molar-refractivity contribution in [1.82, 2.24) is 0 Å². The molecule has 0 fully saturated rings. The Morgan fingerprint density at radius 3 is 1.83 bits per heavy atom. The van der Waals surface area contributed by atoms with Gasteiger partial charge in [-0.25, -0.2) is 0 Å². The number of carbonyl (C=O) groups is 1. The highest BCUT2D eigenvalue weighted by molar-refractivity contribution is 6.02. The average Bonchev–Trinajstić information content (AvgIpc) is 3.56. The molecule has 2 heterocycles. The number of anilines is 2. The SMILES string of the molecule is CCN(CC)c1ccc2c(c1)Oc1cc(N(CC)CC)ccc1C2=c1ccccc1=C1N=NC(=NC(=O)c2ccc(OC)cc2)O1. The molecule has 0 spiro atoms. The maximum absolute atomic E-state index is 12.8. The third-order valence-electron chi connectivity index (χ3n) is 8.32. The molecule has 0 bridgehead atoms. The lowest BCUT2D eigenvalue weighted by Gasteiger charge is -2.28. The van der Waals surface area contributed by atoms with E-state index < -0.39 is 5.91 Å². The van der Waals surface area contributed by atoms with E-state index in [0.717, 1.165) is 76.2 Å². The van der Waals surface area contributed by atoms with Crippen molar-refractivity contribution in [2.45, 2.75) is 27.7 Å². The lowest BCUT2D eigenvalue weighted by molar-refractivity contribution is 0.100. The van der Waals surface area contributed by atoms with Crippen LogP contribution in [0, 0.1) is 0 Å². The Balaban J connectivity index is 1.51. The van der Waals surface area contributed by atoms with Gasteiger partial charge in [0.05, 0.1) is 7.11 Å². The molecule has 0 saturated carbocycles. The second-order valence-corrected chi connectivity index (χ2v) is 10.8. The van der Waals surface area contributed by atoms with Crippen LogP contribution < -0.4 is 29.7 Å². The lowest BCUT2D eigenvalue weighted by Crippen LogP contribution is -2.31. The van der Waals surface area contributed by atoms with E-state index in [1.54, 1.807) is 31.4 Å². The van der Waals surface area contributed by atoms with Gasteiger partial charge in [0.1, 0.15) is 17.2 Å². The number of ether oxygens (including phenoxy) is 3. The Labute approximate surface area is 268 Å². The van der Waals surface area contributed by atoms with Crippen LogP contribution in [0.15, 0.2) is 100 Å². The maximum Gasteiger partial charge on any atom is 0.346 e. The molecule has 0 N–H and O–H groups in total. The molecule has 0 atom stereocenters. The molecular weight excluding hydrogens is 578 g/mol. The van der Waals surface area contributed by atoms with E-state index in [1.807, 2.05) is 24.3 Å². The summed E-state index contributed by atoms with van der Waals surface area (Å²) in [5, 5.41) is 10.0.